The van der Waals surface area contributed by atoms with E-state index < -0.39 is 5.97 Å². The Kier molecular flexibility index (Phi) is 4.31. The number of aryl methyl sites for hydroxylation is 1. The topological polar surface area (TPSA) is 37.3 Å². The summed E-state index contributed by atoms with van der Waals surface area (Å²) in [6.07, 6.45) is 3.27. The second-order valence-electron chi connectivity index (χ2n) is 4.66. The van der Waals surface area contributed by atoms with E-state index in [9.17, 15) is 9.18 Å². The van der Waals surface area contributed by atoms with Gasteiger partial charge in [-0.05, 0) is 53.8 Å². The van der Waals surface area contributed by atoms with E-state index >= 15 is 0 Å². The average molecular weight is 270 g/mol. The number of hydrogen-bond acceptors (Lipinski definition) is 1. The highest BCUT2D eigenvalue weighted by atomic mass is 19.1. The summed E-state index contributed by atoms with van der Waals surface area (Å²) in [5.41, 5.74) is 3.81. The SMILES string of the molecule is Cc1ccc(F)cc1Cc1cccc(/C=C/C(=O)O)c1. The number of carbonyl (C=O) groups is 1. The van der Waals surface area contributed by atoms with Gasteiger partial charge in [-0.15, -0.1) is 0 Å². The highest BCUT2D eigenvalue weighted by Gasteiger charge is 2.02. The Balaban J connectivity index is 2.23. The van der Waals surface area contributed by atoms with Gasteiger partial charge in [-0.3, -0.25) is 0 Å². The summed E-state index contributed by atoms with van der Waals surface area (Å²) in [5, 5.41) is 8.62. The summed E-state index contributed by atoms with van der Waals surface area (Å²) in [6.45, 7) is 1.95. The van der Waals surface area contributed by atoms with E-state index in [4.69, 9.17) is 5.11 Å². The molecule has 3 heteroatoms. The van der Waals surface area contributed by atoms with Gasteiger partial charge in [0.25, 0.3) is 0 Å². The molecule has 2 nitrogen and oxygen atoms in total. The predicted molar refractivity (Wildman–Crippen MR) is 77.1 cm³/mol. The lowest BCUT2D eigenvalue weighted by Gasteiger charge is -2.07. The van der Waals surface area contributed by atoms with Gasteiger partial charge in [-0.1, -0.05) is 30.3 Å². The largest absolute Gasteiger partial charge is 0.478 e. The van der Waals surface area contributed by atoms with E-state index in [1.807, 2.05) is 31.2 Å². The van der Waals surface area contributed by atoms with E-state index in [1.54, 1.807) is 12.1 Å². The molecule has 0 aromatic heterocycles. The minimum Gasteiger partial charge on any atom is -0.478 e. The van der Waals surface area contributed by atoms with Crippen LogP contribution < -0.4 is 0 Å². The number of carboxylic acids is 1. The molecule has 0 aliphatic heterocycles. The maximum atomic E-state index is 13.3. The Labute approximate surface area is 117 Å². The summed E-state index contributed by atoms with van der Waals surface area (Å²) in [6, 6.07) is 12.3. The summed E-state index contributed by atoms with van der Waals surface area (Å²) >= 11 is 0. The molecule has 0 bridgehead atoms. The van der Waals surface area contributed by atoms with Crippen LogP contribution in [0.1, 0.15) is 22.3 Å². The van der Waals surface area contributed by atoms with Gasteiger partial charge in [-0.25, -0.2) is 9.18 Å². The molecule has 0 radical (unpaired) electrons. The predicted octanol–water partition coefficient (Wildman–Crippen LogP) is 3.82. The lowest BCUT2D eigenvalue weighted by Crippen LogP contribution is -1.93. The quantitative estimate of drug-likeness (QED) is 0.857. The van der Waals surface area contributed by atoms with Crippen LogP contribution in [0.5, 0.6) is 0 Å². The molecule has 20 heavy (non-hydrogen) atoms. The zero-order valence-electron chi connectivity index (χ0n) is 11.1. The minimum absolute atomic E-state index is 0.243. The first-order valence-electron chi connectivity index (χ1n) is 6.29. The van der Waals surface area contributed by atoms with Crippen molar-refractivity contribution < 1.29 is 14.3 Å². The van der Waals surface area contributed by atoms with Gasteiger partial charge in [0.1, 0.15) is 5.82 Å². The number of carboxylic acid groups (broad SMARTS) is 1. The molecule has 0 amide bonds. The van der Waals surface area contributed by atoms with Gasteiger partial charge >= 0.3 is 5.97 Å². The normalized spacial score (nSPS) is 10.9. The first kappa shape index (κ1) is 14.0. The molecule has 2 aromatic carbocycles. The van der Waals surface area contributed by atoms with Crippen LogP contribution in [0.3, 0.4) is 0 Å². The highest BCUT2D eigenvalue weighted by molar-refractivity contribution is 5.85. The van der Waals surface area contributed by atoms with Crippen molar-refractivity contribution in [1.29, 1.82) is 0 Å². The first-order chi connectivity index (χ1) is 9.54. The van der Waals surface area contributed by atoms with Crippen LogP contribution >= 0.6 is 0 Å². The number of aliphatic carboxylic acids is 1. The van der Waals surface area contributed by atoms with Crippen LogP contribution in [-0.2, 0) is 11.2 Å². The van der Waals surface area contributed by atoms with Crippen molar-refractivity contribution in [3.8, 4) is 0 Å². The zero-order chi connectivity index (χ0) is 14.5. The van der Waals surface area contributed by atoms with E-state index in [0.717, 1.165) is 28.3 Å². The molecule has 0 aliphatic carbocycles. The third-order valence-corrected chi connectivity index (χ3v) is 3.08. The van der Waals surface area contributed by atoms with E-state index in [1.165, 1.54) is 12.1 Å². The van der Waals surface area contributed by atoms with Gasteiger partial charge < -0.3 is 5.11 Å². The number of halogens is 1. The van der Waals surface area contributed by atoms with E-state index in [0.29, 0.717) is 6.42 Å². The second kappa shape index (κ2) is 6.15. The molecule has 0 atom stereocenters. The van der Waals surface area contributed by atoms with Crippen molar-refractivity contribution >= 4 is 12.0 Å². The maximum absolute atomic E-state index is 13.3. The molecule has 0 spiro atoms. The molecule has 0 heterocycles. The number of rotatable bonds is 4. The van der Waals surface area contributed by atoms with E-state index in [-0.39, 0.29) is 5.82 Å². The smallest absolute Gasteiger partial charge is 0.328 e. The van der Waals surface area contributed by atoms with E-state index in [2.05, 4.69) is 0 Å². The summed E-state index contributed by atoms with van der Waals surface area (Å²) in [5.74, 6) is -1.22. The zero-order valence-corrected chi connectivity index (χ0v) is 11.1. The van der Waals surface area contributed by atoms with Crippen molar-refractivity contribution in [3.63, 3.8) is 0 Å². The molecule has 0 saturated heterocycles. The van der Waals surface area contributed by atoms with Crippen LogP contribution in [0.15, 0.2) is 48.5 Å². The summed E-state index contributed by atoms with van der Waals surface area (Å²) < 4.78 is 13.3. The Morgan fingerprint density at radius 1 is 1.25 bits per heavy atom. The monoisotopic (exact) mass is 270 g/mol. The van der Waals surface area contributed by atoms with Crippen molar-refractivity contribution in [2.24, 2.45) is 0 Å². The molecule has 0 unspecified atom stereocenters. The fourth-order valence-corrected chi connectivity index (χ4v) is 2.02. The maximum Gasteiger partial charge on any atom is 0.328 e. The molecule has 0 fully saturated rings. The molecule has 0 aliphatic rings. The second-order valence-corrected chi connectivity index (χ2v) is 4.66. The van der Waals surface area contributed by atoms with Gasteiger partial charge in [0.05, 0.1) is 0 Å². The van der Waals surface area contributed by atoms with Crippen LogP contribution in [0.4, 0.5) is 4.39 Å². The Hall–Kier alpha value is -2.42. The van der Waals surface area contributed by atoms with Crippen molar-refractivity contribution in [2.45, 2.75) is 13.3 Å². The van der Waals surface area contributed by atoms with Gasteiger partial charge in [0.2, 0.25) is 0 Å². The van der Waals surface area contributed by atoms with Gasteiger partial charge in [0.15, 0.2) is 0 Å². The molecule has 1 N–H and O–H groups in total. The molecule has 2 aromatic rings. The Morgan fingerprint density at radius 2 is 2.05 bits per heavy atom. The van der Waals surface area contributed by atoms with Crippen molar-refractivity contribution in [3.05, 3.63) is 76.6 Å². The average Bonchev–Trinajstić information content (AvgIpc) is 2.41. The number of benzene rings is 2. The van der Waals surface area contributed by atoms with Crippen LogP contribution in [-0.4, -0.2) is 11.1 Å². The Morgan fingerprint density at radius 3 is 2.80 bits per heavy atom. The molecular formula is C17H15FO2. The van der Waals surface area contributed by atoms with Crippen LogP contribution in [0.2, 0.25) is 0 Å². The lowest BCUT2D eigenvalue weighted by molar-refractivity contribution is -0.131. The third-order valence-electron chi connectivity index (χ3n) is 3.08. The van der Waals surface area contributed by atoms with Crippen molar-refractivity contribution in [2.75, 3.05) is 0 Å². The Bertz CT molecular complexity index is 660. The fourth-order valence-electron chi connectivity index (χ4n) is 2.02. The number of hydrogen-bond donors (Lipinski definition) is 1. The standard InChI is InChI=1S/C17H15FO2/c1-12-5-7-16(18)11-15(12)10-14-4-2-3-13(9-14)6-8-17(19)20/h2-9,11H,10H2,1H3,(H,19,20)/b8-6+. The minimum atomic E-state index is -0.976. The van der Waals surface area contributed by atoms with Crippen molar-refractivity contribution in [1.82, 2.24) is 0 Å². The molecule has 102 valence electrons. The lowest BCUT2D eigenvalue weighted by atomic mass is 9.99. The summed E-state index contributed by atoms with van der Waals surface area (Å²) in [4.78, 5) is 10.5. The van der Waals surface area contributed by atoms with Crippen LogP contribution in [0, 0.1) is 12.7 Å². The fraction of sp³-hybridized carbons (Fsp3) is 0.118. The molecular weight excluding hydrogens is 255 g/mol. The molecule has 2 rings (SSSR count). The summed E-state index contributed by atoms with van der Waals surface area (Å²) in [7, 11) is 0. The van der Waals surface area contributed by atoms with Gasteiger partial charge in [-0.2, -0.15) is 0 Å². The van der Waals surface area contributed by atoms with Crippen LogP contribution in [0.25, 0.3) is 6.08 Å². The van der Waals surface area contributed by atoms with Gasteiger partial charge in [0, 0.05) is 6.08 Å². The molecule has 0 saturated carbocycles. The highest BCUT2D eigenvalue weighted by Crippen LogP contribution is 2.17. The third kappa shape index (κ3) is 3.79. The first-order valence-corrected chi connectivity index (χ1v) is 6.29.